The summed E-state index contributed by atoms with van der Waals surface area (Å²) in [4.78, 5) is 4.07. The SMILES string of the molecule is CNC(C1CCCCO1)C(C)c1ccncc1. The minimum atomic E-state index is 0.344. The van der Waals surface area contributed by atoms with E-state index >= 15 is 0 Å². The maximum Gasteiger partial charge on any atom is 0.0733 e. The quantitative estimate of drug-likeness (QED) is 0.868. The number of hydrogen-bond donors (Lipinski definition) is 1. The maximum atomic E-state index is 5.90. The molecule has 0 saturated carbocycles. The second kappa shape index (κ2) is 6.12. The highest BCUT2D eigenvalue weighted by Crippen LogP contribution is 2.26. The molecule has 1 aliphatic rings. The van der Waals surface area contributed by atoms with Gasteiger partial charge in [-0.15, -0.1) is 0 Å². The van der Waals surface area contributed by atoms with Gasteiger partial charge in [-0.25, -0.2) is 0 Å². The first-order chi connectivity index (χ1) is 8.33. The third kappa shape index (κ3) is 3.05. The predicted octanol–water partition coefficient (Wildman–Crippen LogP) is 2.34. The van der Waals surface area contributed by atoms with Crippen LogP contribution in [0.2, 0.25) is 0 Å². The van der Waals surface area contributed by atoms with E-state index in [0.29, 0.717) is 18.1 Å². The van der Waals surface area contributed by atoms with E-state index in [1.807, 2.05) is 19.4 Å². The summed E-state index contributed by atoms with van der Waals surface area (Å²) < 4.78 is 5.90. The molecule has 94 valence electrons. The fraction of sp³-hybridized carbons (Fsp3) is 0.643. The molecule has 2 rings (SSSR count). The monoisotopic (exact) mass is 234 g/mol. The summed E-state index contributed by atoms with van der Waals surface area (Å²) in [6.45, 7) is 3.17. The standard InChI is InChI=1S/C14H22N2O/c1-11(12-6-8-16-9-7-12)14(15-2)13-5-3-4-10-17-13/h6-9,11,13-15H,3-5,10H2,1-2H3. The smallest absolute Gasteiger partial charge is 0.0733 e. The summed E-state index contributed by atoms with van der Waals surface area (Å²) in [5.41, 5.74) is 1.33. The van der Waals surface area contributed by atoms with Gasteiger partial charge < -0.3 is 10.1 Å². The number of aromatic nitrogens is 1. The Kier molecular flexibility index (Phi) is 4.51. The third-order valence-electron chi connectivity index (χ3n) is 3.72. The first kappa shape index (κ1) is 12.5. The maximum absolute atomic E-state index is 5.90. The van der Waals surface area contributed by atoms with E-state index < -0.39 is 0 Å². The average molecular weight is 234 g/mol. The van der Waals surface area contributed by atoms with E-state index in [2.05, 4.69) is 29.4 Å². The lowest BCUT2D eigenvalue weighted by Crippen LogP contribution is -2.44. The molecule has 1 saturated heterocycles. The van der Waals surface area contributed by atoms with Gasteiger partial charge in [-0.05, 0) is 49.9 Å². The number of nitrogens with one attached hydrogen (secondary N) is 1. The number of likely N-dealkylation sites (N-methyl/N-ethyl adjacent to an activating group) is 1. The van der Waals surface area contributed by atoms with Crippen LogP contribution in [0, 0.1) is 0 Å². The summed E-state index contributed by atoms with van der Waals surface area (Å²) >= 11 is 0. The molecule has 1 aromatic heterocycles. The first-order valence-electron chi connectivity index (χ1n) is 6.51. The summed E-state index contributed by atoms with van der Waals surface area (Å²) in [6.07, 6.45) is 7.72. The normalized spacial score (nSPS) is 24.2. The Hall–Kier alpha value is -0.930. The Labute approximate surface area is 104 Å². The zero-order chi connectivity index (χ0) is 12.1. The van der Waals surface area contributed by atoms with Gasteiger partial charge in [0.1, 0.15) is 0 Å². The molecule has 2 heterocycles. The van der Waals surface area contributed by atoms with Crippen molar-refractivity contribution in [1.29, 1.82) is 0 Å². The van der Waals surface area contributed by atoms with Crippen LogP contribution < -0.4 is 5.32 Å². The molecule has 0 aliphatic carbocycles. The van der Waals surface area contributed by atoms with E-state index in [9.17, 15) is 0 Å². The fourth-order valence-electron chi connectivity index (χ4n) is 2.68. The van der Waals surface area contributed by atoms with Crippen molar-refractivity contribution in [1.82, 2.24) is 10.3 Å². The number of ether oxygens (including phenoxy) is 1. The number of nitrogens with zero attached hydrogens (tertiary/aromatic N) is 1. The third-order valence-corrected chi connectivity index (χ3v) is 3.72. The number of hydrogen-bond acceptors (Lipinski definition) is 3. The van der Waals surface area contributed by atoms with E-state index in [4.69, 9.17) is 4.74 Å². The fourth-order valence-corrected chi connectivity index (χ4v) is 2.68. The first-order valence-corrected chi connectivity index (χ1v) is 6.51. The second-order valence-electron chi connectivity index (χ2n) is 4.79. The Balaban J connectivity index is 2.06. The largest absolute Gasteiger partial charge is 0.377 e. The van der Waals surface area contributed by atoms with Crippen molar-refractivity contribution in [2.75, 3.05) is 13.7 Å². The van der Waals surface area contributed by atoms with Gasteiger partial charge in [-0.1, -0.05) is 6.92 Å². The van der Waals surface area contributed by atoms with Crippen LogP contribution in [0.4, 0.5) is 0 Å². The molecule has 0 amide bonds. The summed E-state index contributed by atoms with van der Waals surface area (Å²) in [6, 6.07) is 4.58. The van der Waals surface area contributed by atoms with Crippen molar-refractivity contribution in [2.45, 2.75) is 44.2 Å². The van der Waals surface area contributed by atoms with Crippen LogP contribution in [0.5, 0.6) is 0 Å². The van der Waals surface area contributed by atoms with Crippen molar-refractivity contribution < 1.29 is 4.74 Å². The van der Waals surface area contributed by atoms with Gasteiger partial charge in [0, 0.05) is 25.0 Å². The van der Waals surface area contributed by atoms with E-state index in [-0.39, 0.29) is 0 Å². The average Bonchev–Trinajstić information content (AvgIpc) is 2.42. The van der Waals surface area contributed by atoms with E-state index in [1.165, 1.54) is 24.8 Å². The van der Waals surface area contributed by atoms with Crippen molar-refractivity contribution in [3.05, 3.63) is 30.1 Å². The molecule has 3 atom stereocenters. The lowest BCUT2D eigenvalue weighted by Gasteiger charge is -2.34. The number of rotatable bonds is 4. The van der Waals surface area contributed by atoms with Crippen LogP contribution in [0.1, 0.15) is 37.7 Å². The van der Waals surface area contributed by atoms with Crippen LogP contribution in [-0.2, 0) is 4.74 Å². The van der Waals surface area contributed by atoms with Crippen LogP contribution in [-0.4, -0.2) is 30.8 Å². The minimum absolute atomic E-state index is 0.344. The highest BCUT2D eigenvalue weighted by Gasteiger charge is 2.28. The molecule has 0 aromatic carbocycles. The van der Waals surface area contributed by atoms with Gasteiger partial charge in [0.2, 0.25) is 0 Å². The van der Waals surface area contributed by atoms with Crippen molar-refractivity contribution in [3.8, 4) is 0 Å². The highest BCUT2D eigenvalue weighted by molar-refractivity contribution is 5.17. The molecular formula is C14H22N2O. The Morgan fingerprint density at radius 2 is 2.12 bits per heavy atom. The topological polar surface area (TPSA) is 34.1 Å². The second-order valence-corrected chi connectivity index (χ2v) is 4.79. The summed E-state index contributed by atoms with van der Waals surface area (Å²) in [5, 5.41) is 3.42. The molecule has 0 spiro atoms. The Bertz CT molecular complexity index is 322. The minimum Gasteiger partial charge on any atom is -0.377 e. The summed E-state index contributed by atoms with van der Waals surface area (Å²) in [5.74, 6) is 0.450. The van der Waals surface area contributed by atoms with Crippen LogP contribution >= 0.6 is 0 Å². The van der Waals surface area contributed by atoms with Crippen molar-refractivity contribution in [2.24, 2.45) is 0 Å². The Morgan fingerprint density at radius 1 is 1.35 bits per heavy atom. The molecule has 1 N–H and O–H groups in total. The van der Waals surface area contributed by atoms with Crippen molar-refractivity contribution >= 4 is 0 Å². The van der Waals surface area contributed by atoms with Gasteiger partial charge in [0.05, 0.1) is 6.10 Å². The molecule has 1 aliphatic heterocycles. The molecule has 3 unspecified atom stereocenters. The lowest BCUT2D eigenvalue weighted by atomic mass is 9.87. The molecule has 3 nitrogen and oxygen atoms in total. The Morgan fingerprint density at radius 3 is 2.71 bits per heavy atom. The molecule has 0 radical (unpaired) electrons. The number of pyridine rings is 1. The van der Waals surface area contributed by atoms with Crippen molar-refractivity contribution in [3.63, 3.8) is 0 Å². The zero-order valence-corrected chi connectivity index (χ0v) is 10.7. The van der Waals surface area contributed by atoms with E-state index in [1.54, 1.807) is 0 Å². The van der Waals surface area contributed by atoms with Gasteiger partial charge in [0.25, 0.3) is 0 Å². The molecule has 1 aromatic rings. The zero-order valence-electron chi connectivity index (χ0n) is 10.7. The molecular weight excluding hydrogens is 212 g/mol. The molecule has 1 fully saturated rings. The van der Waals surface area contributed by atoms with Crippen LogP contribution in [0.3, 0.4) is 0 Å². The summed E-state index contributed by atoms with van der Waals surface area (Å²) in [7, 11) is 2.03. The van der Waals surface area contributed by atoms with Crippen LogP contribution in [0.25, 0.3) is 0 Å². The lowest BCUT2D eigenvalue weighted by molar-refractivity contribution is -0.0107. The van der Waals surface area contributed by atoms with E-state index in [0.717, 1.165) is 6.61 Å². The predicted molar refractivity (Wildman–Crippen MR) is 69.1 cm³/mol. The van der Waals surface area contributed by atoms with Gasteiger partial charge in [-0.2, -0.15) is 0 Å². The highest BCUT2D eigenvalue weighted by atomic mass is 16.5. The van der Waals surface area contributed by atoms with Gasteiger partial charge >= 0.3 is 0 Å². The van der Waals surface area contributed by atoms with Gasteiger partial charge in [0.15, 0.2) is 0 Å². The van der Waals surface area contributed by atoms with Crippen LogP contribution in [0.15, 0.2) is 24.5 Å². The van der Waals surface area contributed by atoms with Gasteiger partial charge in [-0.3, -0.25) is 4.98 Å². The molecule has 0 bridgehead atoms. The molecule has 3 heteroatoms. The molecule has 17 heavy (non-hydrogen) atoms.